The van der Waals surface area contributed by atoms with E-state index in [4.69, 9.17) is 14.2 Å². The fraction of sp³-hybridized carbons (Fsp3) is 0.556. The van der Waals surface area contributed by atoms with Crippen molar-refractivity contribution in [3.05, 3.63) is 29.8 Å². The van der Waals surface area contributed by atoms with Crippen LogP contribution in [-0.2, 0) is 14.2 Å². The maximum Gasteiger partial charge on any atom is 0.338 e. The second-order valence-corrected chi connectivity index (χ2v) is 6.29. The molecule has 1 atom stereocenters. The number of nitrogens with one attached hydrogen (secondary N) is 2. The summed E-state index contributed by atoms with van der Waals surface area (Å²) in [4.78, 5) is 24.0. The normalized spacial score (nSPS) is 20.9. The van der Waals surface area contributed by atoms with Gasteiger partial charge >= 0.3 is 12.0 Å². The molecule has 1 aliphatic carbocycles. The first-order valence-corrected chi connectivity index (χ1v) is 8.76. The van der Waals surface area contributed by atoms with Crippen LogP contribution in [0.2, 0.25) is 0 Å². The van der Waals surface area contributed by atoms with Crippen LogP contribution in [0, 0.1) is 0 Å². The molecule has 7 heteroatoms. The minimum atomic E-state index is -0.324. The molecule has 1 aromatic rings. The average molecular weight is 348 g/mol. The molecule has 0 bridgehead atoms. The molecule has 1 saturated carbocycles. The van der Waals surface area contributed by atoms with Crippen molar-refractivity contribution in [3.63, 3.8) is 0 Å². The van der Waals surface area contributed by atoms with Gasteiger partial charge in [-0.05, 0) is 49.9 Å². The quantitative estimate of drug-likeness (QED) is 0.798. The molecule has 1 aliphatic heterocycles. The second-order valence-electron chi connectivity index (χ2n) is 6.29. The Bertz CT molecular complexity index is 578. The topological polar surface area (TPSA) is 85.9 Å². The van der Waals surface area contributed by atoms with E-state index < -0.39 is 0 Å². The summed E-state index contributed by atoms with van der Waals surface area (Å²) in [5.74, 6) is -0.308. The molecule has 3 rings (SSSR count). The van der Waals surface area contributed by atoms with Crippen molar-refractivity contribution in [1.29, 1.82) is 0 Å². The van der Waals surface area contributed by atoms with Crippen LogP contribution in [0.5, 0.6) is 0 Å². The maximum atomic E-state index is 12.1. The van der Waals surface area contributed by atoms with Crippen molar-refractivity contribution in [2.75, 3.05) is 31.7 Å². The zero-order valence-electron chi connectivity index (χ0n) is 14.2. The second kappa shape index (κ2) is 8.82. The molecule has 7 nitrogen and oxygen atoms in total. The molecular formula is C18H24N2O5. The van der Waals surface area contributed by atoms with Crippen molar-refractivity contribution < 1.29 is 23.8 Å². The Morgan fingerprint density at radius 3 is 2.56 bits per heavy atom. The summed E-state index contributed by atoms with van der Waals surface area (Å²) < 4.78 is 16.2. The van der Waals surface area contributed by atoms with Gasteiger partial charge in [-0.1, -0.05) is 0 Å². The minimum Gasteiger partial charge on any atom is -0.459 e. The molecule has 0 unspecified atom stereocenters. The van der Waals surface area contributed by atoms with Gasteiger partial charge in [0, 0.05) is 12.2 Å². The van der Waals surface area contributed by atoms with E-state index in [-0.39, 0.29) is 24.2 Å². The number of hydrogen-bond acceptors (Lipinski definition) is 5. The Morgan fingerprint density at radius 1 is 1.12 bits per heavy atom. The molecule has 0 aromatic heterocycles. The molecule has 2 fully saturated rings. The fourth-order valence-electron chi connectivity index (χ4n) is 2.95. The lowest BCUT2D eigenvalue weighted by Gasteiger charge is -2.23. The molecule has 1 aromatic carbocycles. The zero-order valence-corrected chi connectivity index (χ0v) is 14.2. The highest BCUT2D eigenvalue weighted by Gasteiger charge is 2.20. The Labute approximate surface area is 147 Å². The van der Waals surface area contributed by atoms with E-state index in [2.05, 4.69) is 10.6 Å². The van der Waals surface area contributed by atoms with Gasteiger partial charge in [-0.3, -0.25) is 0 Å². The molecule has 1 saturated heterocycles. The first-order valence-electron chi connectivity index (χ1n) is 8.76. The smallest absolute Gasteiger partial charge is 0.338 e. The third-order valence-electron chi connectivity index (χ3n) is 4.33. The lowest BCUT2D eigenvalue weighted by Crippen LogP contribution is -2.41. The third-order valence-corrected chi connectivity index (χ3v) is 4.33. The number of anilines is 1. The summed E-state index contributed by atoms with van der Waals surface area (Å²) in [7, 11) is 0. The number of urea groups is 1. The maximum absolute atomic E-state index is 12.1. The molecule has 0 radical (unpaired) electrons. The van der Waals surface area contributed by atoms with Gasteiger partial charge in [0.2, 0.25) is 0 Å². The zero-order chi connectivity index (χ0) is 17.5. The van der Waals surface area contributed by atoms with Gasteiger partial charge in [-0.15, -0.1) is 0 Å². The monoisotopic (exact) mass is 348 g/mol. The summed E-state index contributed by atoms with van der Waals surface area (Å²) >= 11 is 0. The molecule has 0 spiro atoms. The summed E-state index contributed by atoms with van der Waals surface area (Å²) in [6, 6.07) is 6.36. The number of carbonyl (C=O) groups excluding carboxylic acids is 2. The third kappa shape index (κ3) is 5.44. The minimum absolute atomic E-state index is 0.0436. The summed E-state index contributed by atoms with van der Waals surface area (Å²) in [6.07, 6.45) is 4.05. The lowest BCUT2D eigenvalue weighted by molar-refractivity contribution is -0.0852. The van der Waals surface area contributed by atoms with Gasteiger partial charge in [-0.2, -0.15) is 0 Å². The number of ether oxygens (including phenoxy) is 3. The standard InChI is InChI=1S/C18H24N2O5/c21-17(25-15-3-1-2-4-15)13-5-7-14(8-6-13)20-18(22)19-11-16-12-23-9-10-24-16/h5-8,15-16H,1-4,9-12H2,(H2,19,20,22)/t16-/m0/s1. The Hall–Kier alpha value is -2.12. The van der Waals surface area contributed by atoms with Crippen molar-refractivity contribution in [1.82, 2.24) is 5.32 Å². The van der Waals surface area contributed by atoms with Crippen LogP contribution in [-0.4, -0.2) is 50.6 Å². The molecule has 2 N–H and O–H groups in total. The van der Waals surface area contributed by atoms with E-state index in [1.807, 2.05) is 0 Å². The van der Waals surface area contributed by atoms with Crippen LogP contribution < -0.4 is 10.6 Å². The Morgan fingerprint density at radius 2 is 1.88 bits per heavy atom. The number of benzene rings is 1. The largest absolute Gasteiger partial charge is 0.459 e. The Balaban J connectivity index is 1.43. The van der Waals surface area contributed by atoms with Crippen LogP contribution in [0.15, 0.2) is 24.3 Å². The van der Waals surface area contributed by atoms with E-state index in [1.54, 1.807) is 24.3 Å². The van der Waals surface area contributed by atoms with Crippen molar-refractivity contribution in [2.24, 2.45) is 0 Å². The van der Waals surface area contributed by atoms with E-state index >= 15 is 0 Å². The highest BCUT2D eigenvalue weighted by atomic mass is 16.6. The Kier molecular flexibility index (Phi) is 6.25. The molecule has 2 aliphatic rings. The van der Waals surface area contributed by atoms with E-state index in [0.29, 0.717) is 37.6 Å². The molecule has 1 heterocycles. The number of hydrogen-bond donors (Lipinski definition) is 2. The van der Waals surface area contributed by atoms with Gasteiger partial charge < -0.3 is 24.8 Å². The van der Waals surface area contributed by atoms with Gasteiger partial charge in [-0.25, -0.2) is 9.59 Å². The highest BCUT2D eigenvalue weighted by molar-refractivity contribution is 5.92. The van der Waals surface area contributed by atoms with Crippen LogP contribution in [0.1, 0.15) is 36.0 Å². The van der Waals surface area contributed by atoms with Gasteiger partial charge in [0.05, 0.1) is 31.5 Å². The molecule has 25 heavy (non-hydrogen) atoms. The fourth-order valence-corrected chi connectivity index (χ4v) is 2.95. The van der Waals surface area contributed by atoms with Crippen LogP contribution in [0.3, 0.4) is 0 Å². The van der Waals surface area contributed by atoms with Crippen molar-refractivity contribution in [2.45, 2.75) is 37.9 Å². The highest BCUT2D eigenvalue weighted by Crippen LogP contribution is 2.22. The summed E-state index contributed by atoms with van der Waals surface area (Å²) in [6.45, 7) is 2.01. The first kappa shape index (κ1) is 17.7. The van der Waals surface area contributed by atoms with Crippen LogP contribution in [0.4, 0.5) is 10.5 Å². The predicted molar refractivity (Wildman–Crippen MR) is 91.7 cm³/mol. The van der Waals surface area contributed by atoms with E-state index in [1.165, 1.54) is 0 Å². The van der Waals surface area contributed by atoms with Gasteiger partial charge in [0.15, 0.2) is 0 Å². The average Bonchev–Trinajstić information content (AvgIpc) is 3.14. The van der Waals surface area contributed by atoms with Crippen LogP contribution in [0.25, 0.3) is 0 Å². The molecular weight excluding hydrogens is 324 g/mol. The molecule has 2 amide bonds. The molecule has 136 valence electrons. The predicted octanol–water partition coefficient (Wildman–Crippen LogP) is 2.32. The van der Waals surface area contributed by atoms with Crippen LogP contribution >= 0.6 is 0 Å². The lowest BCUT2D eigenvalue weighted by atomic mass is 10.2. The van der Waals surface area contributed by atoms with E-state index in [9.17, 15) is 9.59 Å². The number of rotatable bonds is 5. The van der Waals surface area contributed by atoms with Crippen molar-refractivity contribution in [3.8, 4) is 0 Å². The SMILES string of the molecule is O=C(NC[C@H]1COCCO1)Nc1ccc(C(=O)OC2CCCC2)cc1. The van der Waals surface area contributed by atoms with Gasteiger partial charge in [0.1, 0.15) is 6.10 Å². The summed E-state index contributed by atoms with van der Waals surface area (Å²) in [5, 5.41) is 5.46. The van der Waals surface area contributed by atoms with Gasteiger partial charge in [0.25, 0.3) is 0 Å². The number of amides is 2. The van der Waals surface area contributed by atoms with E-state index in [0.717, 1.165) is 25.7 Å². The first-order chi connectivity index (χ1) is 12.2. The van der Waals surface area contributed by atoms with Crippen molar-refractivity contribution >= 4 is 17.7 Å². The summed E-state index contributed by atoms with van der Waals surface area (Å²) in [5.41, 5.74) is 1.10. The number of carbonyl (C=O) groups is 2. The number of esters is 1.